The lowest BCUT2D eigenvalue weighted by atomic mass is 9.90. The molecule has 0 aliphatic carbocycles. The van der Waals surface area contributed by atoms with E-state index in [1.807, 2.05) is 0 Å². The van der Waals surface area contributed by atoms with Crippen LogP contribution in [0.5, 0.6) is 0 Å². The lowest BCUT2D eigenvalue weighted by Crippen LogP contribution is -2.64. The lowest BCUT2D eigenvalue weighted by molar-refractivity contribution is -0.198. The predicted octanol–water partition coefficient (Wildman–Crippen LogP) is 4.27. The van der Waals surface area contributed by atoms with Crippen molar-refractivity contribution < 1.29 is 34.3 Å². The summed E-state index contributed by atoms with van der Waals surface area (Å²) in [6.07, 6.45) is 15.7. The fourth-order valence-electron chi connectivity index (χ4n) is 5.09. The number of rotatable bonds is 23. The highest BCUT2D eigenvalue weighted by molar-refractivity contribution is 5.73. The molecule has 1 aliphatic heterocycles. The molecule has 0 spiro atoms. The van der Waals surface area contributed by atoms with Crippen LogP contribution in [0.4, 0.5) is 0 Å². The molecule has 0 aromatic heterocycles. The van der Waals surface area contributed by atoms with Gasteiger partial charge in [0.1, 0.15) is 18.3 Å². The highest BCUT2D eigenvalue weighted by atomic mass is 16.5. The molecule has 1 amide bonds. The third-order valence-electron chi connectivity index (χ3n) is 7.45. The van der Waals surface area contributed by atoms with Crippen LogP contribution >= 0.6 is 0 Å². The van der Waals surface area contributed by atoms with Gasteiger partial charge in [0.05, 0.1) is 31.5 Å². The molecule has 0 aromatic carbocycles. The van der Waals surface area contributed by atoms with Gasteiger partial charge in [-0.1, -0.05) is 90.4 Å². The van der Waals surface area contributed by atoms with Crippen molar-refractivity contribution in [2.45, 2.75) is 153 Å². The number of carbonyl (C=O) groups is 1. The van der Waals surface area contributed by atoms with Crippen molar-refractivity contribution in [1.29, 1.82) is 0 Å². The van der Waals surface area contributed by atoms with Crippen molar-refractivity contribution in [3.63, 3.8) is 0 Å². The van der Waals surface area contributed by atoms with Gasteiger partial charge in [0, 0.05) is 20.6 Å². The maximum absolute atomic E-state index is 11.6. The van der Waals surface area contributed by atoms with E-state index in [2.05, 4.69) is 12.2 Å². The molecule has 220 valence electrons. The Kier molecular flexibility index (Phi) is 20.5. The summed E-state index contributed by atoms with van der Waals surface area (Å²) in [5.74, 6) is -0.313. The Balaban J connectivity index is 2.11. The summed E-state index contributed by atoms with van der Waals surface area (Å²) >= 11 is 0. The Morgan fingerprint density at radius 2 is 1.41 bits per heavy atom. The van der Waals surface area contributed by atoms with Crippen molar-refractivity contribution >= 4 is 5.91 Å². The van der Waals surface area contributed by atoms with Crippen molar-refractivity contribution in [2.75, 3.05) is 26.9 Å². The van der Waals surface area contributed by atoms with E-state index in [4.69, 9.17) is 14.2 Å². The number of nitrogens with one attached hydrogen (secondary N) is 1. The van der Waals surface area contributed by atoms with Crippen molar-refractivity contribution in [1.82, 2.24) is 5.32 Å². The highest BCUT2D eigenvalue weighted by Crippen LogP contribution is 2.25. The molecule has 1 rings (SSSR count). The minimum Gasteiger partial charge on any atom is -0.394 e. The molecule has 0 saturated carbocycles. The predicted molar refractivity (Wildman–Crippen MR) is 147 cm³/mol. The molecule has 1 heterocycles. The van der Waals surface area contributed by atoms with Crippen LogP contribution in [0.1, 0.15) is 117 Å². The van der Waals surface area contributed by atoms with Gasteiger partial charge in [-0.25, -0.2) is 0 Å². The molecule has 37 heavy (non-hydrogen) atoms. The van der Waals surface area contributed by atoms with E-state index in [0.717, 1.165) is 6.42 Å². The zero-order valence-corrected chi connectivity index (χ0v) is 23.9. The Morgan fingerprint density at radius 1 is 0.865 bits per heavy atom. The highest BCUT2D eigenvalue weighted by Gasteiger charge is 2.44. The fourth-order valence-corrected chi connectivity index (χ4v) is 5.09. The van der Waals surface area contributed by atoms with Crippen molar-refractivity contribution in [2.24, 2.45) is 0 Å². The second-order valence-electron chi connectivity index (χ2n) is 10.7. The van der Waals surface area contributed by atoms with Crippen molar-refractivity contribution in [3.05, 3.63) is 0 Å². The second kappa shape index (κ2) is 22.1. The standard InChI is InChI=1S/C29H57NO7/c1-4-5-6-7-8-9-10-11-12-13-14-15-16-17-20-36-22-24(35-3)18-19-25-27(30-23(2)32)29(34)28(33)26(21-31)37-25/h24-29,31,33-34H,4-22H2,1-3H3,(H,30,32)/t24-,25-,26?,27?,28+,29+/m0/s1. The van der Waals surface area contributed by atoms with E-state index in [-0.39, 0.29) is 12.0 Å². The van der Waals surface area contributed by atoms with Gasteiger partial charge in [0.2, 0.25) is 5.91 Å². The molecule has 1 fully saturated rings. The Labute approximate surface area is 225 Å². The van der Waals surface area contributed by atoms with Crippen LogP contribution in [0.3, 0.4) is 0 Å². The first-order valence-corrected chi connectivity index (χ1v) is 14.9. The summed E-state index contributed by atoms with van der Waals surface area (Å²) in [4.78, 5) is 11.6. The second-order valence-corrected chi connectivity index (χ2v) is 10.7. The molecular weight excluding hydrogens is 474 g/mol. The number of hydrogen-bond donors (Lipinski definition) is 4. The van der Waals surface area contributed by atoms with Gasteiger partial charge >= 0.3 is 0 Å². The third-order valence-corrected chi connectivity index (χ3v) is 7.45. The van der Waals surface area contributed by atoms with Crippen LogP contribution in [0.2, 0.25) is 0 Å². The minimum atomic E-state index is -1.26. The summed E-state index contributed by atoms with van der Waals surface area (Å²) in [5, 5.41) is 32.7. The molecule has 0 bridgehead atoms. The van der Waals surface area contributed by atoms with Gasteiger partial charge < -0.3 is 34.8 Å². The molecule has 1 saturated heterocycles. The van der Waals surface area contributed by atoms with Crippen LogP contribution in [0, 0.1) is 0 Å². The van der Waals surface area contributed by atoms with Gasteiger partial charge in [-0.15, -0.1) is 0 Å². The number of aliphatic hydroxyl groups is 3. The quantitative estimate of drug-likeness (QED) is 0.146. The molecule has 2 unspecified atom stereocenters. The molecular formula is C29H57NO7. The maximum Gasteiger partial charge on any atom is 0.217 e. The van der Waals surface area contributed by atoms with Crippen LogP contribution < -0.4 is 5.32 Å². The smallest absolute Gasteiger partial charge is 0.217 e. The maximum atomic E-state index is 11.6. The monoisotopic (exact) mass is 531 g/mol. The first-order valence-electron chi connectivity index (χ1n) is 14.9. The van der Waals surface area contributed by atoms with E-state index in [1.54, 1.807) is 7.11 Å². The SMILES string of the molecule is CCCCCCCCCCCCCCCCOC[C@H](CC[C@@H]1OC(CO)[C@@H](O)[C@H](O)C1NC(C)=O)OC. The first kappa shape index (κ1) is 34.3. The van der Waals surface area contributed by atoms with Gasteiger partial charge in [-0.2, -0.15) is 0 Å². The molecule has 4 N–H and O–H groups in total. The van der Waals surface area contributed by atoms with Gasteiger partial charge in [0.25, 0.3) is 0 Å². The van der Waals surface area contributed by atoms with Gasteiger partial charge in [-0.05, 0) is 19.3 Å². The average Bonchev–Trinajstić information content (AvgIpc) is 2.89. The number of hydrogen-bond acceptors (Lipinski definition) is 7. The number of amides is 1. The molecule has 0 aromatic rings. The molecule has 0 radical (unpaired) electrons. The zero-order valence-electron chi connectivity index (χ0n) is 23.9. The number of carbonyl (C=O) groups excluding carboxylic acids is 1. The average molecular weight is 532 g/mol. The van der Waals surface area contributed by atoms with Crippen LogP contribution in [-0.4, -0.2) is 84.7 Å². The van der Waals surface area contributed by atoms with E-state index < -0.39 is 37.1 Å². The largest absolute Gasteiger partial charge is 0.394 e. The molecule has 1 aliphatic rings. The van der Waals surface area contributed by atoms with Crippen LogP contribution in [-0.2, 0) is 19.0 Å². The van der Waals surface area contributed by atoms with Crippen molar-refractivity contribution in [3.8, 4) is 0 Å². The number of unbranched alkanes of at least 4 members (excludes halogenated alkanes) is 13. The first-order chi connectivity index (χ1) is 17.9. The number of methoxy groups -OCH3 is 1. The Hall–Kier alpha value is -0.770. The molecule has 6 atom stereocenters. The van der Waals surface area contributed by atoms with E-state index in [0.29, 0.717) is 26.1 Å². The lowest BCUT2D eigenvalue weighted by Gasteiger charge is -2.43. The Morgan fingerprint density at radius 3 is 1.89 bits per heavy atom. The number of aliphatic hydroxyl groups excluding tert-OH is 3. The Bertz CT molecular complexity index is 550. The van der Waals surface area contributed by atoms with Gasteiger partial charge in [-0.3, -0.25) is 4.79 Å². The summed E-state index contributed by atoms with van der Waals surface area (Å²) in [7, 11) is 1.64. The summed E-state index contributed by atoms with van der Waals surface area (Å²) in [5.41, 5.74) is 0. The molecule has 8 heteroatoms. The number of ether oxygens (including phenoxy) is 3. The van der Waals surface area contributed by atoms with E-state index in [1.165, 1.54) is 90.4 Å². The van der Waals surface area contributed by atoms with Crippen LogP contribution in [0.25, 0.3) is 0 Å². The fraction of sp³-hybridized carbons (Fsp3) is 0.966. The third kappa shape index (κ3) is 15.4. The molecule has 8 nitrogen and oxygen atoms in total. The summed E-state index contributed by atoms with van der Waals surface area (Å²) in [6, 6.07) is -0.746. The topological polar surface area (TPSA) is 117 Å². The van der Waals surface area contributed by atoms with E-state index >= 15 is 0 Å². The normalized spacial score (nSPS) is 24.8. The van der Waals surface area contributed by atoms with Gasteiger partial charge in [0.15, 0.2) is 0 Å². The van der Waals surface area contributed by atoms with E-state index in [9.17, 15) is 20.1 Å². The summed E-state index contributed by atoms with van der Waals surface area (Å²) in [6.45, 7) is 4.41. The minimum absolute atomic E-state index is 0.134. The van der Waals surface area contributed by atoms with Crippen LogP contribution in [0.15, 0.2) is 0 Å². The zero-order chi connectivity index (χ0) is 27.3. The summed E-state index contributed by atoms with van der Waals surface area (Å²) < 4.78 is 17.2.